The molecule has 1 unspecified atom stereocenters. The largest absolute Gasteiger partial charge is 0.380 e. The molecule has 11 heavy (non-hydrogen) atoms. The van der Waals surface area contributed by atoms with Gasteiger partial charge in [0.05, 0.1) is 19.9 Å². The zero-order valence-corrected chi connectivity index (χ0v) is 6.51. The van der Waals surface area contributed by atoms with Gasteiger partial charge in [-0.1, -0.05) is 0 Å². The fourth-order valence-corrected chi connectivity index (χ4v) is 1.26. The number of alkyl halides is 1. The lowest BCUT2D eigenvalue weighted by molar-refractivity contribution is -0.130. The van der Waals surface area contributed by atoms with Gasteiger partial charge in [0.25, 0.3) is 0 Å². The number of ether oxygens (including phenoxy) is 1. The van der Waals surface area contributed by atoms with Crippen LogP contribution in [0.1, 0.15) is 19.3 Å². The van der Waals surface area contributed by atoms with Gasteiger partial charge in [-0.2, -0.15) is 0 Å². The monoisotopic (exact) mass is 160 g/mol. The second-order valence-corrected chi connectivity index (χ2v) is 2.82. The van der Waals surface area contributed by atoms with Crippen LogP contribution in [-0.4, -0.2) is 25.7 Å². The molecule has 1 heterocycles. The van der Waals surface area contributed by atoms with Crippen LogP contribution in [0.5, 0.6) is 0 Å². The minimum atomic E-state index is -0.330. The van der Waals surface area contributed by atoms with Crippen LogP contribution >= 0.6 is 0 Å². The molecule has 0 aliphatic carbocycles. The van der Waals surface area contributed by atoms with Crippen LogP contribution in [0.15, 0.2) is 0 Å². The summed E-state index contributed by atoms with van der Waals surface area (Å²) in [4.78, 5) is 11.1. The highest BCUT2D eigenvalue weighted by atomic mass is 19.1. The first-order chi connectivity index (χ1) is 5.34. The van der Waals surface area contributed by atoms with Crippen LogP contribution in [0.4, 0.5) is 4.39 Å². The Hall–Kier alpha value is -0.440. The molecular weight excluding hydrogens is 147 g/mol. The topological polar surface area (TPSA) is 26.3 Å². The Morgan fingerprint density at radius 3 is 3.09 bits per heavy atom. The molecule has 3 heteroatoms. The molecule has 1 rings (SSSR count). The third kappa shape index (κ3) is 2.58. The van der Waals surface area contributed by atoms with Crippen LogP contribution in [0.2, 0.25) is 0 Å². The third-order valence-corrected chi connectivity index (χ3v) is 1.95. The minimum absolute atomic E-state index is 0.0282. The van der Waals surface area contributed by atoms with Gasteiger partial charge >= 0.3 is 0 Å². The molecule has 0 bridgehead atoms. The van der Waals surface area contributed by atoms with Crippen molar-refractivity contribution in [3.8, 4) is 0 Å². The van der Waals surface area contributed by atoms with E-state index in [1.54, 1.807) is 0 Å². The van der Waals surface area contributed by atoms with Crippen molar-refractivity contribution in [2.24, 2.45) is 5.92 Å². The third-order valence-electron chi connectivity index (χ3n) is 1.95. The Kier molecular flexibility index (Phi) is 3.49. The molecule has 0 spiro atoms. The molecule has 0 aromatic carbocycles. The van der Waals surface area contributed by atoms with E-state index in [4.69, 9.17) is 4.74 Å². The van der Waals surface area contributed by atoms with Crippen LogP contribution in [0, 0.1) is 5.92 Å². The van der Waals surface area contributed by atoms with E-state index in [9.17, 15) is 9.18 Å². The van der Waals surface area contributed by atoms with Crippen molar-refractivity contribution in [1.82, 2.24) is 0 Å². The SMILES string of the molecule is O=C1CCOCC1CCCF. The van der Waals surface area contributed by atoms with Gasteiger partial charge in [-0.25, -0.2) is 0 Å². The number of carbonyl (C=O) groups excluding carboxylic acids is 1. The predicted molar refractivity (Wildman–Crippen MR) is 39.1 cm³/mol. The lowest BCUT2D eigenvalue weighted by Crippen LogP contribution is -2.27. The summed E-state index contributed by atoms with van der Waals surface area (Å²) in [5.74, 6) is 0.212. The van der Waals surface area contributed by atoms with E-state index < -0.39 is 0 Å². The van der Waals surface area contributed by atoms with Crippen LogP contribution in [-0.2, 0) is 9.53 Å². The number of hydrogen-bond donors (Lipinski definition) is 0. The van der Waals surface area contributed by atoms with E-state index in [2.05, 4.69) is 0 Å². The molecular formula is C8H13FO2. The van der Waals surface area contributed by atoms with Crippen molar-refractivity contribution in [1.29, 1.82) is 0 Å². The summed E-state index contributed by atoms with van der Waals surface area (Å²) in [5.41, 5.74) is 0. The number of hydrogen-bond acceptors (Lipinski definition) is 2. The minimum Gasteiger partial charge on any atom is -0.380 e. The fourth-order valence-electron chi connectivity index (χ4n) is 1.26. The maximum Gasteiger partial charge on any atom is 0.140 e. The molecule has 1 atom stereocenters. The van der Waals surface area contributed by atoms with Gasteiger partial charge in [-0.15, -0.1) is 0 Å². The van der Waals surface area contributed by atoms with Gasteiger partial charge in [-0.05, 0) is 12.8 Å². The van der Waals surface area contributed by atoms with Crippen molar-refractivity contribution in [2.45, 2.75) is 19.3 Å². The maximum atomic E-state index is 11.7. The smallest absolute Gasteiger partial charge is 0.140 e. The van der Waals surface area contributed by atoms with Crippen LogP contribution < -0.4 is 0 Å². The summed E-state index contributed by atoms with van der Waals surface area (Å²) in [6.45, 7) is 0.716. The number of halogens is 1. The van der Waals surface area contributed by atoms with Gasteiger partial charge in [0.1, 0.15) is 5.78 Å². The second kappa shape index (κ2) is 4.44. The quantitative estimate of drug-likeness (QED) is 0.622. The van der Waals surface area contributed by atoms with Gasteiger partial charge < -0.3 is 4.74 Å². The van der Waals surface area contributed by atoms with E-state index in [1.165, 1.54) is 0 Å². The van der Waals surface area contributed by atoms with Gasteiger partial charge in [0.2, 0.25) is 0 Å². The Labute approximate surface area is 65.7 Å². The molecule has 0 aromatic rings. The van der Waals surface area contributed by atoms with E-state index in [-0.39, 0.29) is 18.4 Å². The number of carbonyl (C=O) groups is 1. The zero-order valence-electron chi connectivity index (χ0n) is 6.51. The molecule has 0 saturated carbocycles. The maximum absolute atomic E-state index is 11.7. The Morgan fingerprint density at radius 2 is 2.45 bits per heavy atom. The van der Waals surface area contributed by atoms with E-state index >= 15 is 0 Å². The molecule has 0 radical (unpaired) electrons. The van der Waals surface area contributed by atoms with Crippen molar-refractivity contribution in [2.75, 3.05) is 19.9 Å². The summed E-state index contributed by atoms with van der Waals surface area (Å²) in [6.07, 6.45) is 1.64. The number of ketones is 1. The summed E-state index contributed by atoms with van der Waals surface area (Å²) < 4.78 is 16.8. The first-order valence-electron chi connectivity index (χ1n) is 4.01. The number of rotatable bonds is 3. The first-order valence-corrected chi connectivity index (χ1v) is 4.01. The van der Waals surface area contributed by atoms with Crippen molar-refractivity contribution >= 4 is 5.78 Å². The highest BCUT2D eigenvalue weighted by molar-refractivity contribution is 5.81. The van der Waals surface area contributed by atoms with Crippen molar-refractivity contribution in [3.05, 3.63) is 0 Å². The van der Waals surface area contributed by atoms with E-state index in [0.717, 1.165) is 0 Å². The molecule has 1 fully saturated rings. The summed E-state index contributed by atoms with van der Waals surface area (Å²) >= 11 is 0. The van der Waals surface area contributed by atoms with Gasteiger partial charge in [0, 0.05) is 12.3 Å². The highest BCUT2D eigenvalue weighted by Crippen LogP contribution is 2.15. The second-order valence-electron chi connectivity index (χ2n) is 2.82. The summed E-state index contributed by atoms with van der Waals surface area (Å²) in [5, 5.41) is 0. The average molecular weight is 160 g/mol. The molecule has 0 amide bonds. The highest BCUT2D eigenvalue weighted by Gasteiger charge is 2.21. The molecule has 0 N–H and O–H groups in total. The molecule has 0 aromatic heterocycles. The Bertz CT molecular complexity index is 136. The van der Waals surface area contributed by atoms with Gasteiger partial charge in [0.15, 0.2) is 0 Å². The first kappa shape index (κ1) is 8.65. The molecule has 64 valence electrons. The Balaban J connectivity index is 2.24. The van der Waals surface area contributed by atoms with Crippen LogP contribution in [0.3, 0.4) is 0 Å². The molecule has 1 aliphatic heterocycles. The summed E-state index contributed by atoms with van der Waals surface area (Å²) in [7, 11) is 0. The molecule has 2 nitrogen and oxygen atoms in total. The van der Waals surface area contributed by atoms with E-state index in [0.29, 0.717) is 32.5 Å². The van der Waals surface area contributed by atoms with Crippen molar-refractivity contribution < 1.29 is 13.9 Å². The van der Waals surface area contributed by atoms with E-state index in [1.807, 2.05) is 0 Å². The average Bonchev–Trinajstić information content (AvgIpc) is 2.03. The standard InChI is InChI=1S/C8H13FO2/c9-4-1-2-7-6-11-5-3-8(7)10/h7H,1-6H2. The summed E-state index contributed by atoms with van der Waals surface area (Å²) in [6, 6.07) is 0. The molecule has 1 saturated heterocycles. The zero-order chi connectivity index (χ0) is 8.10. The lowest BCUT2D eigenvalue weighted by Gasteiger charge is -2.19. The predicted octanol–water partition coefficient (Wildman–Crippen LogP) is 1.34. The lowest BCUT2D eigenvalue weighted by atomic mass is 9.96. The Morgan fingerprint density at radius 1 is 1.64 bits per heavy atom. The normalized spacial score (nSPS) is 25.5. The fraction of sp³-hybridized carbons (Fsp3) is 0.875. The van der Waals surface area contributed by atoms with Crippen LogP contribution in [0.25, 0.3) is 0 Å². The number of Topliss-reactive ketones (excluding diaryl/α,β-unsaturated/α-hetero) is 1. The van der Waals surface area contributed by atoms with Gasteiger partial charge in [-0.3, -0.25) is 9.18 Å². The van der Waals surface area contributed by atoms with Crippen molar-refractivity contribution in [3.63, 3.8) is 0 Å². The molecule has 1 aliphatic rings.